The smallest absolute Gasteiger partial charge is 0.234 e. The molecule has 0 amide bonds. The van der Waals surface area contributed by atoms with Crippen LogP contribution in [-0.4, -0.2) is 25.9 Å². The molecule has 0 unspecified atom stereocenters. The summed E-state index contributed by atoms with van der Waals surface area (Å²) in [6.07, 6.45) is 2.58. The second-order valence-electron chi connectivity index (χ2n) is 4.56. The van der Waals surface area contributed by atoms with Crippen LogP contribution in [-0.2, 0) is 6.54 Å². The Morgan fingerprint density at radius 1 is 1.44 bits per heavy atom. The van der Waals surface area contributed by atoms with E-state index in [0.717, 1.165) is 22.3 Å². The quantitative estimate of drug-likeness (QED) is 0.876. The lowest BCUT2D eigenvalue weighted by Crippen LogP contribution is -2.17. The Hall–Kier alpha value is -1.01. The van der Waals surface area contributed by atoms with E-state index in [1.807, 2.05) is 4.52 Å². The van der Waals surface area contributed by atoms with Crippen molar-refractivity contribution in [3.05, 3.63) is 10.8 Å². The van der Waals surface area contributed by atoms with Gasteiger partial charge < -0.3 is 5.32 Å². The number of hydrogen-bond acceptors (Lipinski definition) is 5. The molecule has 1 fully saturated rings. The Kier molecular flexibility index (Phi) is 2.40. The lowest BCUT2D eigenvalue weighted by molar-refractivity contribution is 0.636. The SMILES string of the molecule is CC(C)c1nn2c(CNC3CC3)nnc2s1. The Morgan fingerprint density at radius 2 is 2.25 bits per heavy atom. The van der Waals surface area contributed by atoms with Crippen LogP contribution in [0.3, 0.4) is 0 Å². The van der Waals surface area contributed by atoms with Crippen LogP contribution in [0.1, 0.15) is 43.4 Å². The number of rotatable bonds is 4. The summed E-state index contributed by atoms with van der Waals surface area (Å²) in [5.74, 6) is 1.38. The van der Waals surface area contributed by atoms with Crippen LogP contribution in [0.4, 0.5) is 0 Å². The third-order valence-corrected chi connectivity index (χ3v) is 3.89. The molecule has 0 aromatic carbocycles. The zero-order valence-corrected chi connectivity index (χ0v) is 10.3. The highest BCUT2D eigenvalue weighted by atomic mass is 32.1. The summed E-state index contributed by atoms with van der Waals surface area (Å²) in [6.45, 7) is 5.06. The van der Waals surface area contributed by atoms with Crippen LogP contribution in [0.15, 0.2) is 0 Å². The van der Waals surface area contributed by atoms with Gasteiger partial charge in [0.2, 0.25) is 4.96 Å². The normalized spacial score (nSPS) is 16.4. The molecule has 5 nitrogen and oxygen atoms in total. The summed E-state index contributed by atoms with van der Waals surface area (Å²) in [5, 5.41) is 17.4. The molecule has 0 bridgehead atoms. The van der Waals surface area contributed by atoms with Crippen molar-refractivity contribution in [3.8, 4) is 0 Å². The van der Waals surface area contributed by atoms with Crippen molar-refractivity contribution in [2.45, 2.75) is 45.2 Å². The number of nitrogens with one attached hydrogen (secondary N) is 1. The van der Waals surface area contributed by atoms with Crippen molar-refractivity contribution in [2.75, 3.05) is 0 Å². The molecule has 16 heavy (non-hydrogen) atoms. The number of aromatic nitrogens is 4. The van der Waals surface area contributed by atoms with Crippen LogP contribution in [0.5, 0.6) is 0 Å². The van der Waals surface area contributed by atoms with Gasteiger partial charge in [-0.05, 0) is 12.8 Å². The standard InChI is InChI=1S/C10H15N5S/c1-6(2)9-14-15-8(5-11-7-3-4-7)12-13-10(15)16-9/h6-7,11H,3-5H2,1-2H3. The van der Waals surface area contributed by atoms with Crippen molar-refractivity contribution in [2.24, 2.45) is 0 Å². The first-order valence-electron chi connectivity index (χ1n) is 5.68. The fourth-order valence-corrected chi connectivity index (χ4v) is 2.40. The van der Waals surface area contributed by atoms with Gasteiger partial charge in [0.25, 0.3) is 0 Å². The second-order valence-corrected chi connectivity index (χ2v) is 5.55. The molecule has 1 aliphatic rings. The molecule has 6 heteroatoms. The summed E-state index contributed by atoms with van der Waals surface area (Å²) in [6, 6.07) is 0.690. The van der Waals surface area contributed by atoms with Crippen molar-refractivity contribution >= 4 is 16.3 Å². The predicted molar refractivity (Wildman–Crippen MR) is 62.6 cm³/mol. The van der Waals surface area contributed by atoms with Crippen LogP contribution < -0.4 is 5.32 Å². The molecule has 0 atom stereocenters. The summed E-state index contributed by atoms with van der Waals surface area (Å²) in [4.78, 5) is 0.899. The number of nitrogens with zero attached hydrogens (tertiary/aromatic N) is 4. The average Bonchev–Trinajstić information content (AvgIpc) is 2.85. The molecule has 2 heterocycles. The maximum absolute atomic E-state index is 4.54. The highest BCUT2D eigenvalue weighted by molar-refractivity contribution is 7.16. The van der Waals surface area contributed by atoms with Crippen LogP contribution in [0.25, 0.3) is 4.96 Å². The van der Waals surface area contributed by atoms with E-state index in [0.29, 0.717) is 12.0 Å². The third-order valence-electron chi connectivity index (χ3n) is 2.69. The molecule has 86 valence electrons. The minimum absolute atomic E-state index is 0.455. The molecule has 1 saturated carbocycles. The molecular weight excluding hydrogens is 222 g/mol. The molecule has 0 radical (unpaired) electrons. The van der Waals surface area contributed by atoms with Gasteiger partial charge in [-0.25, -0.2) is 0 Å². The maximum Gasteiger partial charge on any atom is 0.234 e. The molecule has 1 N–H and O–H groups in total. The van der Waals surface area contributed by atoms with Crippen molar-refractivity contribution < 1.29 is 0 Å². The van der Waals surface area contributed by atoms with Gasteiger partial charge in [0.15, 0.2) is 5.82 Å². The van der Waals surface area contributed by atoms with Crippen molar-refractivity contribution in [3.63, 3.8) is 0 Å². The van der Waals surface area contributed by atoms with Crippen molar-refractivity contribution in [1.29, 1.82) is 0 Å². The number of fused-ring (bicyclic) bond motifs is 1. The van der Waals surface area contributed by atoms with Gasteiger partial charge >= 0.3 is 0 Å². The monoisotopic (exact) mass is 237 g/mol. The largest absolute Gasteiger partial charge is 0.307 e. The van der Waals surface area contributed by atoms with E-state index in [2.05, 4.69) is 34.5 Å². The molecule has 1 aliphatic carbocycles. The lowest BCUT2D eigenvalue weighted by atomic mass is 10.2. The van der Waals surface area contributed by atoms with Gasteiger partial charge in [0, 0.05) is 12.0 Å². The first-order chi connectivity index (χ1) is 7.74. The van der Waals surface area contributed by atoms with Gasteiger partial charge in [0.05, 0.1) is 6.54 Å². The molecule has 0 saturated heterocycles. The van der Waals surface area contributed by atoms with Gasteiger partial charge in [-0.2, -0.15) is 9.61 Å². The van der Waals surface area contributed by atoms with Crippen molar-refractivity contribution in [1.82, 2.24) is 25.1 Å². The summed E-state index contributed by atoms with van der Waals surface area (Å²) in [5.41, 5.74) is 0. The second kappa shape index (κ2) is 3.78. The molecular formula is C10H15N5S. The Balaban J connectivity index is 1.85. The summed E-state index contributed by atoms with van der Waals surface area (Å²) < 4.78 is 1.87. The van der Waals surface area contributed by atoms with Gasteiger partial charge in [-0.3, -0.25) is 0 Å². The topological polar surface area (TPSA) is 55.1 Å². The molecule has 0 spiro atoms. The van der Waals surface area contributed by atoms with Crippen LogP contribution >= 0.6 is 11.3 Å². The van der Waals surface area contributed by atoms with Crippen LogP contribution in [0, 0.1) is 0 Å². The van der Waals surface area contributed by atoms with E-state index in [9.17, 15) is 0 Å². The van der Waals surface area contributed by atoms with E-state index in [4.69, 9.17) is 0 Å². The highest BCUT2D eigenvalue weighted by Gasteiger charge is 2.21. The molecule has 2 aromatic heterocycles. The van der Waals surface area contributed by atoms with E-state index in [1.165, 1.54) is 12.8 Å². The van der Waals surface area contributed by atoms with Gasteiger partial charge in [-0.1, -0.05) is 25.2 Å². The van der Waals surface area contributed by atoms with E-state index in [-0.39, 0.29) is 0 Å². The minimum Gasteiger partial charge on any atom is -0.307 e. The van der Waals surface area contributed by atoms with E-state index >= 15 is 0 Å². The first-order valence-corrected chi connectivity index (χ1v) is 6.50. The lowest BCUT2D eigenvalue weighted by Gasteiger charge is -1.98. The van der Waals surface area contributed by atoms with E-state index < -0.39 is 0 Å². The molecule has 0 aliphatic heterocycles. The minimum atomic E-state index is 0.455. The first kappa shape index (κ1) is 10.2. The molecule has 3 rings (SSSR count). The Morgan fingerprint density at radius 3 is 2.94 bits per heavy atom. The summed E-state index contributed by atoms with van der Waals surface area (Å²) in [7, 11) is 0. The predicted octanol–water partition coefficient (Wildman–Crippen LogP) is 1.56. The van der Waals surface area contributed by atoms with Crippen LogP contribution in [0.2, 0.25) is 0 Å². The maximum atomic E-state index is 4.54. The fourth-order valence-electron chi connectivity index (χ4n) is 1.54. The fraction of sp³-hybridized carbons (Fsp3) is 0.700. The zero-order chi connectivity index (χ0) is 11.1. The third kappa shape index (κ3) is 1.82. The Labute approximate surface area is 97.9 Å². The average molecular weight is 237 g/mol. The van der Waals surface area contributed by atoms with E-state index in [1.54, 1.807) is 11.3 Å². The zero-order valence-electron chi connectivity index (χ0n) is 9.47. The van der Waals surface area contributed by atoms with Gasteiger partial charge in [0.1, 0.15) is 5.01 Å². The van der Waals surface area contributed by atoms with Gasteiger partial charge in [-0.15, -0.1) is 10.2 Å². The Bertz CT molecular complexity index is 496. The highest BCUT2D eigenvalue weighted by Crippen LogP contribution is 2.22. The number of hydrogen-bond donors (Lipinski definition) is 1. The summed E-state index contributed by atoms with van der Waals surface area (Å²) >= 11 is 1.63. The molecule has 2 aromatic rings.